The summed E-state index contributed by atoms with van der Waals surface area (Å²) < 4.78 is 10.7. The molecule has 6 nitrogen and oxygen atoms in total. The van der Waals surface area contributed by atoms with E-state index in [4.69, 9.17) is 9.47 Å². The van der Waals surface area contributed by atoms with Gasteiger partial charge < -0.3 is 20.1 Å². The lowest BCUT2D eigenvalue weighted by Crippen LogP contribution is -2.13. The van der Waals surface area contributed by atoms with Crippen molar-refractivity contribution in [3.05, 3.63) is 10.7 Å². The summed E-state index contributed by atoms with van der Waals surface area (Å²) >= 11 is 3.38. The van der Waals surface area contributed by atoms with Crippen molar-refractivity contribution >= 4 is 27.7 Å². The van der Waals surface area contributed by atoms with Gasteiger partial charge >= 0.3 is 0 Å². The summed E-state index contributed by atoms with van der Waals surface area (Å²) in [7, 11) is 3.32. The molecule has 7 heteroatoms. The molecule has 0 saturated heterocycles. The van der Waals surface area contributed by atoms with E-state index in [0.717, 1.165) is 10.3 Å². The van der Waals surface area contributed by atoms with Crippen LogP contribution >= 0.6 is 15.9 Å². The molecule has 0 aliphatic heterocycles. The summed E-state index contributed by atoms with van der Waals surface area (Å²) in [6.07, 6.45) is 1.71. The first kappa shape index (κ1) is 14.1. The van der Waals surface area contributed by atoms with Gasteiger partial charge in [-0.15, -0.1) is 0 Å². The lowest BCUT2D eigenvalue weighted by Gasteiger charge is -2.09. The van der Waals surface area contributed by atoms with Gasteiger partial charge in [-0.25, -0.2) is 4.98 Å². The van der Waals surface area contributed by atoms with E-state index >= 15 is 0 Å². The molecule has 96 valence electrons. The Morgan fingerprint density at radius 2 is 1.82 bits per heavy atom. The standard InChI is InChI=1S/C10H17BrN4O2/c1-16-5-3-12-9-8(11)7-14-10(15-9)13-4-6-17-2/h7H,3-6H2,1-2H3,(H2,12,13,14,15). The minimum atomic E-state index is 0.574. The van der Waals surface area contributed by atoms with E-state index in [2.05, 4.69) is 36.5 Å². The number of nitrogens with one attached hydrogen (secondary N) is 2. The summed E-state index contributed by atoms with van der Waals surface area (Å²) in [4.78, 5) is 8.47. The molecule has 0 unspecified atom stereocenters. The van der Waals surface area contributed by atoms with Gasteiger partial charge in [0.1, 0.15) is 5.82 Å². The highest BCUT2D eigenvalue weighted by Crippen LogP contribution is 2.19. The van der Waals surface area contributed by atoms with E-state index in [1.54, 1.807) is 20.4 Å². The summed E-state index contributed by atoms with van der Waals surface area (Å²) in [5, 5.41) is 6.21. The average Bonchev–Trinajstić information content (AvgIpc) is 2.33. The highest BCUT2D eigenvalue weighted by atomic mass is 79.9. The second kappa shape index (κ2) is 8.21. The van der Waals surface area contributed by atoms with E-state index in [1.807, 2.05) is 0 Å². The number of methoxy groups -OCH3 is 2. The number of hydrogen-bond donors (Lipinski definition) is 2. The molecule has 1 heterocycles. The van der Waals surface area contributed by atoms with Gasteiger partial charge in [0.05, 0.1) is 17.7 Å². The van der Waals surface area contributed by atoms with Crippen molar-refractivity contribution in [2.24, 2.45) is 0 Å². The Labute approximate surface area is 109 Å². The largest absolute Gasteiger partial charge is 0.383 e. The molecule has 0 amide bonds. The average molecular weight is 305 g/mol. The highest BCUT2D eigenvalue weighted by Gasteiger charge is 2.03. The molecule has 0 radical (unpaired) electrons. The molecule has 0 aliphatic carbocycles. The first-order valence-corrected chi connectivity index (χ1v) is 6.05. The van der Waals surface area contributed by atoms with Crippen molar-refractivity contribution in [1.82, 2.24) is 9.97 Å². The molecule has 2 N–H and O–H groups in total. The lowest BCUT2D eigenvalue weighted by molar-refractivity contribution is 0.210. The van der Waals surface area contributed by atoms with Crippen LogP contribution in [0.2, 0.25) is 0 Å². The van der Waals surface area contributed by atoms with Crippen LogP contribution in [-0.4, -0.2) is 50.5 Å². The van der Waals surface area contributed by atoms with Crippen molar-refractivity contribution in [3.8, 4) is 0 Å². The van der Waals surface area contributed by atoms with Gasteiger partial charge in [0, 0.05) is 33.5 Å². The number of hydrogen-bond acceptors (Lipinski definition) is 6. The number of nitrogens with zero attached hydrogens (tertiary/aromatic N) is 2. The van der Waals surface area contributed by atoms with Crippen LogP contribution in [0.5, 0.6) is 0 Å². The van der Waals surface area contributed by atoms with Crippen LogP contribution in [0.1, 0.15) is 0 Å². The monoisotopic (exact) mass is 304 g/mol. The van der Waals surface area contributed by atoms with Gasteiger partial charge in [-0.1, -0.05) is 0 Å². The molecule has 0 aliphatic rings. The predicted molar refractivity (Wildman–Crippen MR) is 70.5 cm³/mol. The number of anilines is 2. The quantitative estimate of drug-likeness (QED) is 0.707. The molecule has 1 aromatic heterocycles. The van der Waals surface area contributed by atoms with E-state index in [-0.39, 0.29) is 0 Å². The summed E-state index contributed by atoms with van der Waals surface area (Å²) in [5.41, 5.74) is 0. The zero-order valence-electron chi connectivity index (χ0n) is 9.99. The molecule has 0 spiro atoms. The van der Waals surface area contributed by atoms with Crippen molar-refractivity contribution < 1.29 is 9.47 Å². The van der Waals surface area contributed by atoms with Crippen LogP contribution in [0, 0.1) is 0 Å². The third-order valence-electron chi connectivity index (χ3n) is 1.93. The molecule has 0 bridgehead atoms. The van der Waals surface area contributed by atoms with Crippen LogP contribution in [0.15, 0.2) is 10.7 Å². The Hall–Kier alpha value is -0.920. The Kier molecular flexibility index (Phi) is 6.83. The molecule has 0 aromatic carbocycles. The van der Waals surface area contributed by atoms with Crippen molar-refractivity contribution in [3.63, 3.8) is 0 Å². The normalized spacial score (nSPS) is 10.3. The fraction of sp³-hybridized carbons (Fsp3) is 0.600. The van der Waals surface area contributed by atoms with Gasteiger partial charge in [-0.05, 0) is 15.9 Å². The summed E-state index contributed by atoms with van der Waals surface area (Å²) in [6.45, 7) is 2.62. The fourth-order valence-electron chi connectivity index (χ4n) is 1.11. The maximum Gasteiger partial charge on any atom is 0.224 e. The predicted octanol–water partition coefficient (Wildman–Crippen LogP) is 1.36. The minimum Gasteiger partial charge on any atom is -0.383 e. The molecule has 1 rings (SSSR count). The number of halogens is 1. The number of rotatable bonds is 8. The molecule has 0 fully saturated rings. The lowest BCUT2D eigenvalue weighted by atomic mass is 10.5. The molecule has 17 heavy (non-hydrogen) atoms. The first-order valence-electron chi connectivity index (χ1n) is 5.26. The van der Waals surface area contributed by atoms with Crippen LogP contribution in [-0.2, 0) is 9.47 Å². The smallest absolute Gasteiger partial charge is 0.224 e. The van der Waals surface area contributed by atoms with Gasteiger partial charge in [0.25, 0.3) is 0 Å². The zero-order valence-corrected chi connectivity index (χ0v) is 11.6. The SMILES string of the molecule is COCCNc1ncc(Br)c(NCCOC)n1. The van der Waals surface area contributed by atoms with Crippen LogP contribution in [0.4, 0.5) is 11.8 Å². The van der Waals surface area contributed by atoms with Crippen LogP contribution in [0.25, 0.3) is 0 Å². The number of aromatic nitrogens is 2. The van der Waals surface area contributed by atoms with Crippen molar-refractivity contribution in [1.29, 1.82) is 0 Å². The molecule has 0 atom stereocenters. The molecule has 0 saturated carbocycles. The van der Waals surface area contributed by atoms with Crippen LogP contribution in [0.3, 0.4) is 0 Å². The van der Waals surface area contributed by atoms with Crippen LogP contribution < -0.4 is 10.6 Å². The third-order valence-corrected chi connectivity index (χ3v) is 2.51. The maximum absolute atomic E-state index is 4.96. The molecular weight excluding hydrogens is 288 g/mol. The van der Waals surface area contributed by atoms with E-state index in [9.17, 15) is 0 Å². The van der Waals surface area contributed by atoms with Gasteiger partial charge in [-0.2, -0.15) is 4.98 Å². The Morgan fingerprint density at radius 3 is 2.47 bits per heavy atom. The second-order valence-electron chi connectivity index (χ2n) is 3.23. The maximum atomic E-state index is 4.96. The Balaban J connectivity index is 2.53. The van der Waals surface area contributed by atoms with E-state index in [1.165, 1.54) is 0 Å². The topological polar surface area (TPSA) is 68.3 Å². The van der Waals surface area contributed by atoms with Gasteiger partial charge in [0.2, 0.25) is 5.95 Å². The van der Waals surface area contributed by atoms with Gasteiger partial charge in [0.15, 0.2) is 0 Å². The Bertz CT molecular complexity index is 338. The zero-order chi connectivity index (χ0) is 12.5. The fourth-order valence-corrected chi connectivity index (χ4v) is 1.44. The molecule has 1 aromatic rings. The minimum absolute atomic E-state index is 0.574. The van der Waals surface area contributed by atoms with Crippen molar-refractivity contribution in [2.75, 3.05) is 51.2 Å². The van der Waals surface area contributed by atoms with Gasteiger partial charge in [-0.3, -0.25) is 0 Å². The summed E-state index contributed by atoms with van der Waals surface area (Å²) in [5.74, 6) is 1.32. The highest BCUT2D eigenvalue weighted by molar-refractivity contribution is 9.10. The summed E-state index contributed by atoms with van der Waals surface area (Å²) in [6, 6.07) is 0. The van der Waals surface area contributed by atoms with E-state index < -0.39 is 0 Å². The van der Waals surface area contributed by atoms with Crippen molar-refractivity contribution in [2.45, 2.75) is 0 Å². The second-order valence-corrected chi connectivity index (χ2v) is 4.08. The first-order chi connectivity index (χ1) is 8.27. The third kappa shape index (κ3) is 5.29. The molecular formula is C10H17BrN4O2. The van der Waals surface area contributed by atoms with E-state index in [0.29, 0.717) is 32.3 Å². The Morgan fingerprint density at radius 1 is 1.18 bits per heavy atom. The number of ether oxygens (including phenoxy) is 2.